The molecule has 0 aromatic rings. The quantitative estimate of drug-likeness (QED) is 0.629. The van der Waals surface area contributed by atoms with E-state index in [0.29, 0.717) is 6.61 Å². The van der Waals surface area contributed by atoms with Crippen molar-refractivity contribution >= 4 is 0 Å². The Bertz CT molecular complexity index is 146. The lowest BCUT2D eigenvalue weighted by Gasteiger charge is -2.50. The van der Waals surface area contributed by atoms with Crippen molar-refractivity contribution in [3.63, 3.8) is 0 Å². The molecular weight excluding hydrogens is 174 g/mol. The van der Waals surface area contributed by atoms with Gasteiger partial charge >= 0.3 is 0 Å². The molecule has 0 spiro atoms. The number of nitrogens with zero attached hydrogens (tertiary/aromatic N) is 1. The van der Waals surface area contributed by atoms with E-state index < -0.39 is 0 Å². The maximum Gasteiger partial charge on any atom is 0.0983 e. The minimum Gasteiger partial charge on any atom is -0.396 e. The molecule has 1 unspecified atom stereocenters. The second kappa shape index (κ2) is 5.72. The van der Waals surface area contributed by atoms with E-state index in [4.69, 9.17) is 0 Å². The molecule has 0 aromatic carbocycles. The summed E-state index contributed by atoms with van der Waals surface area (Å²) in [5, 5.41) is 9.17. The Balaban J connectivity index is 4.90. The van der Waals surface area contributed by atoms with Gasteiger partial charge in [-0.2, -0.15) is 0 Å². The largest absolute Gasteiger partial charge is 0.396 e. The molecule has 0 aliphatic carbocycles. The first kappa shape index (κ1) is 13.9. The average Bonchev–Trinajstić information content (AvgIpc) is 2.21. The van der Waals surface area contributed by atoms with Crippen LogP contribution in [0, 0.1) is 0 Å². The van der Waals surface area contributed by atoms with Crippen LogP contribution < -0.4 is 0 Å². The first-order chi connectivity index (χ1) is 6.55. The van der Waals surface area contributed by atoms with Crippen LogP contribution in [0.4, 0.5) is 0 Å². The minimum absolute atomic E-state index is 0.243. The van der Waals surface area contributed by atoms with Crippen LogP contribution >= 0.6 is 0 Å². The number of hydrogen-bond acceptors (Lipinski definition) is 1. The van der Waals surface area contributed by atoms with Gasteiger partial charge in [0.15, 0.2) is 0 Å². The zero-order chi connectivity index (χ0) is 11.2. The number of hydrogen-bond donors (Lipinski definition) is 1. The highest BCUT2D eigenvalue weighted by molar-refractivity contribution is 4.74. The van der Waals surface area contributed by atoms with Gasteiger partial charge in [0.05, 0.1) is 25.2 Å². The van der Waals surface area contributed by atoms with Crippen LogP contribution in [-0.4, -0.2) is 41.4 Å². The van der Waals surface area contributed by atoms with Gasteiger partial charge in [0.25, 0.3) is 0 Å². The Hall–Kier alpha value is -0.0800. The molecule has 1 N–H and O–H groups in total. The lowest BCUT2D eigenvalue weighted by Crippen LogP contribution is -2.62. The van der Waals surface area contributed by atoms with Gasteiger partial charge in [-0.05, 0) is 34.1 Å². The highest BCUT2D eigenvalue weighted by Crippen LogP contribution is 2.31. The topological polar surface area (TPSA) is 20.2 Å². The molecule has 0 aromatic heterocycles. The van der Waals surface area contributed by atoms with E-state index in [1.807, 2.05) is 0 Å². The van der Waals surface area contributed by atoms with Crippen LogP contribution in [0.3, 0.4) is 0 Å². The van der Waals surface area contributed by atoms with Gasteiger partial charge in [-0.3, -0.25) is 0 Å². The summed E-state index contributed by atoms with van der Waals surface area (Å²) >= 11 is 0. The SMILES string of the molecule is CCC(C)(CCO)[N+](CC)(CC)CC. The van der Waals surface area contributed by atoms with Crippen LogP contribution in [-0.2, 0) is 0 Å². The molecule has 1 atom stereocenters. The average molecular weight is 202 g/mol. The molecule has 0 aliphatic heterocycles. The van der Waals surface area contributed by atoms with Crippen molar-refractivity contribution < 1.29 is 9.59 Å². The Morgan fingerprint density at radius 3 is 1.64 bits per heavy atom. The summed E-state index contributed by atoms with van der Waals surface area (Å²) in [6, 6.07) is 0. The summed E-state index contributed by atoms with van der Waals surface area (Å²) in [4.78, 5) is 0. The highest BCUT2D eigenvalue weighted by Gasteiger charge is 2.41. The van der Waals surface area contributed by atoms with E-state index in [1.54, 1.807) is 0 Å². The monoisotopic (exact) mass is 202 g/mol. The van der Waals surface area contributed by atoms with Crippen LogP contribution in [0.2, 0.25) is 0 Å². The maximum absolute atomic E-state index is 9.17. The number of quaternary nitrogens is 1. The third-order valence-electron chi connectivity index (χ3n) is 4.37. The highest BCUT2D eigenvalue weighted by atomic mass is 16.3. The number of aliphatic hydroxyl groups is 1. The molecule has 86 valence electrons. The third-order valence-corrected chi connectivity index (χ3v) is 4.37. The molecule has 0 radical (unpaired) electrons. The molecule has 0 bridgehead atoms. The Morgan fingerprint density at radius 1 is 1.00 bits per heavy atom. The standard InChI is InChI=1S/C12H28NO/c1-6-12(5,10-11-14)13(7-2,8-3)9-4/h14H,6-11H2,1-5H3/q+1. The van der Waals surface area contributed by atoms with Crippen molar-refractivity contribution in [1.82, 2.24) is 0 Å². The van der Waals surface area contributed by atoms with Crippen molar-refractivity contribution in [2.45, 2.75) is 53.0 Å². The summed E-state index contributed by atoms with van der Waals surface area (Å²) in [5.74, 6) is 0. The van der Waals surface area contributed by atoms with E-state index in [2.05, 4.69) is 34.6 Å². The molecule has 2 heteroatoms. The molecule has 0 saturated heterocycles. The summed E-state index contributed by atoms with van der Waals surface area (Å²) in [6.45, 7) is 15.1. The van der Waals surface area contributed by atoms with Gasteiger partial charge < -0.3 is 9.59 Å². The van der Waals surface area contributed by atoms with E-state index in [-0.39, 0.29) is 5.54 Å². The van der Waals surface area contributed by atoms with Crippen molar-refractivity contribution in [2.24, 2.45) is 0 Å². The van der Waals surface area contributed by atoms with Gasteiger partial charge in [-0.1, -0.05) is 6.92 Å². The molecule has 0 rings (SSSR count). The first-order valence-electron chi connectivity index (χ1n) is 6.02. The van der Waals surface area contributed by atoms with Crippen molar-refractivity contribution in [1.29, 1.82) is 0 Å². The van der Waals surface area contributed by atoms with Gasteiger partial charge in [0, 0.05) is 13.0 Å². The van der Waals surface area contributed by atoms with Crippen molar-refractivity contribution in [2.75, 3.05) is 26.2 Å². The van der Waals surface area contributed by atoms with Gasteiger partial charge in [0.2, 0.25) is 0 Å². The maximum atomic E-state index is 9.17. The summed E-state index contributed by atoms with van der Waals surface area (Å²) in [5.41, 5.74) is 0.243. The van der Waals surface area contributed by atoms with Gasteiger partial charge in [-0.25, -0.2) is 0 Å². The fraction of sp³-hybridized carbons (Fsp3) is 1.00. The smallest absolute Gasteiger partial charge is 0.0983 e. The third kappa shape index (κ3) is 2.29. The predicted molar refractivity (Wildman–Crippen MR) is 62.3 cm³/mol. The molecular formula is C12H28NO+. The Labute approximate surface area is 89.5 Å². The van der Waals surface area contributed by atoms with Gasteiger partial charge in [-0.15, -0.1) is 0 Å². The first-order valence-corrected chi connectivity index (χ1v) is 6.02. The summed E-state index contributed by atoms with van der Waals surface area (Å²) < 4.78 is 1.13. The second-order valence-electron chi connectivity index (χ2n) is 4.42. The van der Waals surface area contributed by atoms with Crippen LogP contribution in [0.1, 0.15) is 47.5 Å². The normalized spacial score (nSPS) is 16.7. The van der Waals surface area contributed by atoms with Crippen molar-refractivity contribution in [3.8, 4) is 0 Å². The Morgan fingerprint density at radius 2 is 1.43 bits per heavy atom. The number of rotatable bonds is 7. The summed E-state index contributed by atoms with van der Waals surface area (Å²) in [7, 11) is 0. The minimum atomic E-state index is 0.243. The molecule has 0 heterocycles. The Kier molecular flexibility index (Phi) is 5.68. The molecule has 0 fully saturated rings. The molecule has 14 heavy (non-hydrogen) atoms. The van der Waals surface area contributed by atoms with Crippen LogP contribution in [0.15, 0.2) is 0 Å². The van der Waals surface area contributed by atoms with E-state index >= 15 is 0 Å². The van der Waals surface area contributed by atoms with Crippen LogP contribution in [0.25, 0.3) is 0 Å². The van der Waals surface area contributed by atoms with Gasteiger partial charge in [0.1, 0.15) is 0 Å². The second-order valence-corrected chi connectivity index (χ2v) is 4.42. The fourth-order valence-electron chi connectivity index (χ4n) is 2.81. The van der Waals surface area contributed by atoms with E-state index in [0.717, 1.165) is 37.0 Å². The summed E-state index contributed by atoms with van der Waals surface area (Å²) in [6.07, 6.45) is 2.06. The van der Waals surface area contributed by atoms with Crippen LogP contribution in [0.5, 0.6) is 0 Å². The lowest BCUT2D eigenvalue weighted by molar-refractivity contribution is -0.971. The predicted octanol–water partition coefficient (Wildman–Crippen LogP) is 2.41. The molecule has 0 saturated carbocycles. The van der Waals surface area contributed by atoms with Crippen molar-refractivity contribution in [3.05, 3.63) is 0 Å². The van der Waals surface area contributed by atoms with E-state index in [9.17, 15) is 5.11 Å². The zero-order valence-electron chi connectivity index (χ0n) is 10.6. The fourth-order valence-corrected chi connectivity index (χ4v) is 2.81. The number of aliphatic hydroxyl groups excluding tert-OH is 1. The van der Waals surface area contributed by atoms with E-state index in [1.165, 1.54) is 0 Å². The molecule has 2 nitrogen and oxygen atoms in total. The lowest BCUT2D eigenvalue weighted by atomic mass is 9.89. The molecule has 0 amide bonds. The zero-order valence-corrected chi connectivity index (χ0v) is 10.6. The molecule has 0 aliphatic rings.